The highest BCUT2D eigenvalue weighted by atomic mass is 32.2. The number of allylic oxidation sites excluding steroid dienone is 1. The third-order valence-electron chi connectivity index (χ3n) is 12.9. The lowest BCUT2D eigenvalue weighted by atomic mass is 10.0. The Morgan fingerprint density at radius 1 is 1.00 bits per heavy atom. The topological polar surface area (TPSA) is 208 Å². The lowest BCUT2D eigenvalue weighted by molar-refractivity contribution is -0.141. The molecule has 5 atom stereocenters. The normalized spacial score (nSPS) is 26.4. The van der Waals surface area contributed by atoms with E-state index in [1.165, 1.54) is 16.2 Å². The van der Waals surface area contributed by atoms with Gasteiger partial charge in [-0.25, -0.2) is 23.2 Å². The summed E-state index contributed by atoms with van der Waals surface area (Å²) in [5, 5.41) is 8.49. The van der Waals surface area contributed by atoms with E-state index < -0.39 is 68.7 Å². The fourth-order valence-corrected chi connectivity index (χ4v) is 11.4. The number of nitrogens with one attached hydrogen (secondary N) is 3. The fourth-order valence-electron chi connectivity index (χ4n) is 9.09. The van der Waals surface area contributed by atoms with Crippen LogP contribution in [-0.4, -0.2) is 95.8 Å². The van der Waals surface area contributed by atoms with Crippen LogP contribution in [0.5, 0.6) is 11.5 Å². The van der Waals surface area contributed by atoms with Crippen LogP contribution in [0.3, 0.4) is 0 Å². The molecule has 3 N–H and O–H groups in total. The van der Waals surface area contributed by atoms with Crippen molar-refractivity contribution in [1.29, 1.82) is 0 Å². The molecular formula is C45H54N6O10S2. The quantitative estimate of drug-likeness (QED) is 0.143. The van der Waals surface area contributed by atoms with Crippen LogP contribution in [-0.2, 0) is 29.1 Å². The number of carbonyl (C=O) groups excluding carboxylic acids is 4. The summed E-state index contributed by atoms with van der Waals surface area (Å²) in [6.07, 6.45) is 9.89. The molecule has 0 radical (unpaired) electrons. The van der Waals surface area contributed by atoms with E-state index in [4.69, 9.17) is 28.6 Å². The van der Waals surface area contributed by atoms with E-state index >= 15 is 0 Å². The number of ether oxygens (including phenoxy) is 3. The van der Waals surface area contributed by atoms with Gasteiger partial charge in [0.25, 0.3) is 5.91 Å². The number of para-hydroxylation sites is 1. The number of hydrogen-bond donors (Lipinski definition) is 3. The van der Waals surface area contributed by atoms with Gasteiger partial charge >= 0.3 is 6.09 Å². The minimum Gasteiger partial charge on any atom is -0.493 e. The lowest BCUT2D eigenvalue weighted by Gasteiger charge is -2.30. The predicted octanol–water partition coefficient (Wildman–Crippen LogP) is 6.63. The van der Waals surface area contributed by atoms with Crippen molar-refractivity contribution in [3.05, 3.63) is 47.5 Å². The fraction of sp³-hybridized carbons (Fsp3) is 0.556. The third kappa shape index (κ3) is 8.84. The first kappa shape index (κ1) is 43.0. The number of amides is 4. The van der Waals surface area contributed by atoms with E-state index in [-0.39, 0.29) is 31.4 Å². The van der Waals surface area contributed by atoms with Crippen molar-refractivity contribution in [3.8, 4) is 22.2 Å². The van der Waals surface area contributed by atoms with Crippen LogP contribution in [0.2, 0.25) is 0 Å². The van der Waals surface area contributed by atoms with Gasteiger partial charge in [0.2, 0.25) is 21.8 Å². The Morgan fingerprint density at radius 2 is 1.79 bits per heavy atom. The minimum atomic E-state index is -3.92. The van der Waals surface area contributed by atoms with Crippen molar-refractivity contribution in [3.63, 3.8) is 0 Å². The molecule has 4 fully saturated rings. The summed E-state index contributed by atoms with van der Waals surface area (Å²) in [7, 11) is -2.37. The lowest BCUT2D eigenvalue weighted by Crippen LogP contribution is -2.58. The zero-order chi connectivity index (χ0) is 44.0. The molecule has 5 heterocycles. The molecule has 4 amide bonds. The SMILES string of the molecule is COc1cccc2c1oc1c(O[C@@H]3C[C@H]4C(=O)N[C@]5(C(=O)NS(=O)(=O)C6CC6)C[C@H]5/C=C\CCCCC[C@H](NC(=O)OC5CCCC5)C(=O)N4C3)cc(-c3nc(C(C)C)cs3)nc12. The number of benzene rings is 1. The van der Waals surface area contributed by atoms with Gasteiger partial charge in [0.1, 0.15) is 46.0 Å². The summed E-state index contributed by atoms with van der Waals surface area (Å²) < 4.78 is 52.8. The molecule has 5 aliphatic rings. The smallest absolute Gasteiger partial charge is 0.408 e. The summed E-state index contributed by atoms with van der Waals surface area (Å²) in [6, 6.07) is 5.11. The minimum absolute atomic E-state index is 0.00679. The number of fused-ring (bicyclic) bond motifs is 5. The second-order valence-electron chi connectivity index (χ2n) is 17.9. The number of hydrogen-bond acceptors (Lipinski definition) is 13. The van der Waals surface area contributed by atoms with Crippen molar-refractivity contribution in [2.45, 2.75) is 138 Å². The maximum absolute atomic E-state index is 14.9. The Morgan fingerprint density at radius 3 is 2.54 bits per heavy atom. The van der Waals surface area contributed by atoms with Crippen LogP contribution < -0.4 is 24.8 Å². The summed E-state index contributed by atoms with van der Waals surface area (Å²) in [6.45, 7) is 4.08. The summed E-state index contributed by atoms with van der Waals surface area (Å²) >= 11 is 1.46. The van der Waals surface area contributed by atoms with Crippen molar-refractivity contribution in [1.82, 2.24) is 30.2 Å². The van der Waals surface area contributed by atoms with Crippen LogP contribution in [0.25, 0.3) is 32.8 Å². The summed E-state index contributed by atoms with van der Waals surface area (Å²) in [5.41, 5.74) is 1.27. The number of methoxy groups -OCH3 is 1. The average Bonchev–Trinajstić information content (AvgIpc) is 3.89. The number of aromatic nitrogens is 2. The number of nitrogens with zero attached hydrogens (tertiary/aromatic N) is 3. The largest absolute Gasteiger partial charge is 0.493 e. The molecule has 3 aliphatic carbocycles. The van der Waals surface area contributed by atoms with Gasteiger partial charge in [-0.15, -0.1) is 11.3 Å². The van der Waals surface area contributed by atoms with Gasteiger partial charge in [0.05, 0.1) is 30.0 Å². The van der Waals surface area contributed by atoms with Crippen LogP contribution >= 0.6 is 11.3 Å². The molecule has 2 aliphatic heterocycles. The number of alkyl carbamates (subject to hydrolysis) is 1. The van der Waals surface area contributed by atoms with E-state index in [0.29, 0.717) is 76.4 Å². The number of carbonyl (C=O) groups is 4. The number of sulfonamides is 1. The summed E-state index contributed by atoms with van der Waals surface area (Å²) in [4.78, 5) is 68.1. The molecule has 16 nitrogen and oxygen atoms in total. The standard InChI is InChI=1S/C45H54N6O10S2/c1-25(2)33-24-62-41(47-33)32-21-36(39-37(46-32)30-15-11-17-35(58-3)38(30)61-39)59-28-20-34-40(52)49-45(43(54)50-63(56,57)29-18-19-29)22-26(45)12-7-5-4-6-8-16-31(42(53)51(34)23-28)48-44(55)60-27-13-9-10-14-27/h7,11-12,15,17,21,24-29,31,34H,4-6,8-10,13-14,16,18-20,22-23H2,1-3H3,(H,48,55)(H,49,52)(H,50,54)/b12-7-/t26-,28-,31+,34+,45-/m1/s1. The van der Waals surface area contributed by atoms with Crippen molar-refractivity contribution in [2.75, 3.05) is 13.7 Å². The molecule has 0 unspecified atom stereocenters. The molecule has 9 rings (SSSR count). The van der Waals surface area contributed by atoms with Gasteiger partial charge in [-0.1, -0.05) is 44.9 Å². The highest BCUT2D eigenvalue weighted by Gasteiger charge is 2.62. The number of pyridine rings is 1. The second-order valence-corrected chi connectivity index (χ2v) is 20.7. The maximum Gasteiger partial charge on any atom is 0.408 e. The molecule has 63 heavy (non-hydrogen) atoms. The van der Waals surface area contributed by atoms with Crippen LogP contribution in [0, 0.1) is 5.92 Å². The van der Waals surface area contributed by atoms with Crippen molar-refractivity contribution in [2.24, 2.45) is 5.92 Å². The monoisotopic (exact) mass is 902 g/mol. The molecule has 336 valence electrons. The first-order chi connectivity index (χ1) is 30.3. The molecule has 3 saturated carbocycles. The van der Waals surface area contributed by atoms with Gasteiger partial charge in [-0.05, 0) is 82.3 Å². The number of furan rings is 1. The van der Waals surface area contributed by atoms with Gasteiger partial charge in [0.15, 0.2) is 22.7 Å². The first-order valence-corrected chi connectivity index (χ1v) is 24.6. The highest BCUT2D eigenvalue weighted by Crippen LogP contribution is 2.47. The Bertz CT molecular complexity index is 2560. The maximum atomic E-state index is 14.9. The zero-order valence-corrected chi connectivity index (χ0v) is 37.4. The van der Waals surface area contributed by atoms with Crippen LogP contribution in [0.15, 0.2) is 46.2 Å². The van der Waals surface area contributed by atoms with Crippen LogP contribution in [0.1, 0.15) is 109 Å². The van der Waals surface area contributed by atoms with Gasteiger partial charge < -0.3 is 34.2 Å². The first-order valence-electron chi connectivity index (χ1n) is 22.2. The van der Waals surface area contributed by atoms with E-state index in [1.807, 2.05) is 29.7 Å². The van der Waals surface area contributed by atoms with E-state index in [2.05, 4.69) is 29.2 Å². The molecular weight excluding hydrogens is 849 g/mol. The molecule has 0 spiro atoms. The number of rotatable bonds is 10. The third-order valence-corrected chi connectivity index (χ3v) is 15.6. The molecule has 1 aromatic carbocycles. The van der Waals surface area contributed by atoms with E-state index in [9.17, 15) is 27.6 Å². The Balaban J connectivity index is 1.07. The van der Waals surface area contributed by atoms with Gasteiger partial charge in [-0.3, -0.25) is 19.1 Å². The molecule has 1 saturated heterocycles. The molecule has 18 heteroatoms. The van der Waals surface area contributed by atoms with Crippen LogP contribution in [0.4, 0.5) is 4.79 Å². The Labute approximate surface area is 369 Å². The number of thiazole rings is 1. The van der Waals surface area contributed by atoms with Gasteiger partial charge in [0, 0.05) is 23.8 Å². The van der Waals surface area contributed by atoms with Gasteiger partial charge in [-0.2, -0.15) is 0 Å². The Hall–Kier alpha value is -5.23. The predicted molar refractivity (Wildman–Crippen MR) is 235 cm³/mol. The van der Waals surface area contributed by atoms with Crippen molar-refractivity contribution >= 4 is 67.2 Å². The molecule has 0 bridgehead atoms. The average molecular weight is 903 g/mol. The molecule has 3 aromatic heterocycles. The van der Waals surface area contributed by atoms with E-state index in [0.717, 1.165) is 44.2 Å². The highest BCUT2D eigenvalue weighted by molar-refractivity contribution is 7.91. The Kier molecular flexibility index (Phi) is 11.9. The molecule has 4 aromatic rings. The van der Waals surface area contributed by atoms with E-state index in [1.54, 1.807) is 19.2 Å². The summed E-state index contributed by atoms with van der Waals surface area (Å²) in [5.74, 6) is -1.35. The van der Waals surface area contributed by atoms with Crippen molar-refractivity contribution < 1.29 is 46.2 Å². The second kappa shape index (κ2) is 17.4. The zero-order valence-electron chi connectivity index (χ0n) is 35.7.